The molecule has 0 radical (unpaired) electrons. The molecule has 0 saturated carbocycles. The van der Waals surface area contributed by atoms with Crippen LogP contribution in [0.25, 0.3) is 0 Å². The minimum atomic E-state index is -0.150. The molecule has 0 spiro atoms. The highest BCUT2D eigenvalue weighted by molar-refractivity contribution is 6.31. The molecule has 1 saturated heterocycles. The summed E-state index contributed by atoms with van der Waals surface area (Å²) in [5.41, 5.74) is 2.26. The Bertz CT molecular complexity index is 789. The monoisotopic (exact) mass is 416 g/mol. The zero-order chi connectivity index (χ0) is 20.6. The van der Waals surface area contributed by atoms with Crippen LogP contribution in [0.4, 0.5) is 0 Å². The summed E-state index contributed by atoms with van der Waals surface area (Å²) >= 11 is 6.43. The number of benzene rings is 2. The molecule has 0 aliphatic carbocycles. The van der Waals surface area contributed by atoms with Crippen molar-refractivity contribution in [2.24, 2.45) is 0 Å². The van der Waals surface area contributed by atoms with Crippen molar-refractivity contribution in [3.63, 3.8) is 0 Å². The number of nitrogens with zero attached hydrogens (tertiary/aromatic N) is 1. The van der Waals surface area contributed by atoms with E-state index in [2.05, 4.69) is 24.1 Å². The lowest BCUT2D eigenvalue weighted by atomic mass is 10.0. The number of halogens is 1. The first-order valence-electron chi connectivity index (χ1n) is 10.1. The van der Waals surface area contributed by atoms with Crippen LogP contribution in [0.3, 0.4) is 0 Å². The number of carbonyl (C=O) groups excluding carboxylic acids is 1. The van der Waals surface area contributed by atoms with Gasteiger partial charge in [-0.2, -0.15) is 0 Å². The standard InChI is InChI=1S/C23H29ClN2O3/c1-17(2)18-7-9-19(10-8-18)29-16-23(27)25-15-22(26-11-13-28-14-12-26)20-5-3-4-6-21(20)24/h3-10,17,22H,11-16H2,1-2H3,(H,25,27). The minimum absolute atomic E-state index is 0.00174. The molecular weight excluding hydrogens is 388 g/mol. The number of carbonyl (C=O) groups is 1. The normalized spacial score (nSPS) is 15.9. The molecule has 0 aromatic heterocycles. The highest BCUT2D eigenvalue weighted by atomic mass is 35.5. The van der Waals surface area contributed by atoms with E-state index < -0.39 is 0 Å². The van der Waals surface area contributed by atoms with Crippen LogP contribution >= 0.6 is 11.6 Å². The van der Waals surface area contributed by atoms with Gasteiger partial charge in [-0.25, -0.2) is 0 Å². The lowest BCUT2D eigenvalue weighted by molar-refractivity contribution is -0.123. The molecule has 156 valence electrons. The third kappa shape index (κ3) is 6.20. The lowest BCUT2D eigenvalue weighted by Gasteiger charge is -2.35. The smallest absolute Gasteiger partial charge is 0.258 e. The minimum Gasteiger partial charge on any atom is -0.484 e. The first-order valence-corrected chi connectivity index (χ1v) is 10.5. The van der Waals surface area contributed by atoms with Crippen LogP contribution in [0.15, 0.2) is 48.5 Å². The summed E-state index contributed by atoms with van der Waals surface area (Å²) in [6.07, 6.45) is 0. The average molecular weight is 417 g/mol. The molecule has 1 atom stereocenters. The Kier molecular flexibility index (Phi) is 7.92. The fourth-order valence-corrected chi connectivity index (χ4v) is 3.69. The van der Waals surface area contributed by atoms with Crippen molar-refractivity contribution < 1.29 is 14.3 Å². The van der Waals surface area contributed by atoms with Crippen molar-refractivity contribution >= 4 is 17.5 Å². The number of hydrogen-bond acceptors (Lipinski definition) is 4. The van der Waals surface area contributed by atoms with E-state index in [0.717, 1.165) is 18.7 Å². The average Bonchev–Trinajstić information content (AvgIpc) is 2.74. The second kappa shape index (κ2) is 10.6. The first-order chi connectivity index (χ1) is 14.0. The molecule has 1 fully saturated rings. The van der Waals surface area contributed by atoms with Gasteiger partial charge < -0.3 is 14.8 Å². The van der Waals surface area contributed by atoms with Gasteiger partial charge in [0.1, 0.15) is 5.75 Å². The number of amides is 1. The van der Waals surface area contributed by atoms with Crippen molar-refractivity contribution in [1.82, 2.24) is 10.2 Å². The molecule has 2 aromatic rings. The largest absolute Gasteiger partial charge is 0.484 e. The van der Waals surface area contributed by atoms with Gasteiger partial charge in [0.05, 0.1) is 19.3 Å². The molecule has 29 heavy (non-hydrogen) atoms. The summed E-state index contributed by atoms with van der Waals surface area (Å²) in [4.78, 5) is 14.7. The predicted octanol–water partition coefficient (Wildman–Crippen LogP) is 4.03. The molecule has 1 amide bonds. The first kappa shape index (κ1) is 21.6. The van der Waals surface area contributed by atoms with Gasteiger partial charge in [-0.1, -0.05) is 55.8 Å². The number of hydrogen-bond donors (Lipinski definition) is 1. The molecule has 3 rings (SSSR count). The maximum Gasteiger partial charge on any atom is 0.258 e. The van der Waals surface area contributed by atoms with E-state index in [-0.39, 0.29) is 18.6 Å². The van der Waals surface area contributed by atoms with Crippen molar-refractivity contribution in [2.75, 3.05) is 39.5 Å². The van der Waals surface area contributed by atoms with Crippen molar-refractivity contribution in [1.29, 1.82) is 0 Å². The molecule has 5 nitrogen and oxygen atoms in total. The van der Waals surface area contributed by atoms with Crippen LogP contribution in [0.2, 0.25) is 5.02 Å². The van der Waals surface area contributed by atoms with Crippen LogP contribution < -0.4 is 10.1 Å². The van der Waals surface area contributed by atoms with E-state index in [1.807, 2.05) is 48.5 Å². The molecule has 6 heteroatoms. The van der Waals surface area contributed by atoms with Crippen LogP contribution in [-0.2, 0) is 9.53 Å². The fraction of sp³-hybridized carbons (Fsp3) is 0.435. The quantitative estimate of drug-likeness (QED) is 0.705. The Balaban J connectivity index is 1.57. The van der Waals surface area contributed by atoms with E-state index >= 15 is 0 Å². The lowest BCUT2D eigenvalue weighted by Crippen LogP contribution is -2.44. The van der Waals surface area contributed by atoms with Gasteiger partial charge in [0.25, 0.3) is 5.91 Å². The maximum atomic E-state index is 12.4. The summed E-state index contributed by atoms with van der Waals surface area (Å²) in [7, 11) is 0. The second-order valence-corrected chi connectivity index (χ2v) is 7.91. The Hall–Kier alpha value is -2.08. The number of morpholine rings is 1. The summed E-state index contributed by atoms with van der Waals surface area (Å²) < 4.78 is 11.1. The van der Waals surface area contributed by atoms with E-state index in [1.165, 1.54) is 5.56 Å². The van der Waals surface area contributed by atoms with Crippen LogP contribution in [0.1, 0.15) is 36.9 Å². The summed E-state index contributed by atoms with van der Waals surface area (Å²) in [5, 5.41) is 3.71. The van der Waals surface area contributed by atoms with E-state index in [0.29, 0.717) is 36.4 Å². The summed E-state index contributed by atoms with van der Waals surface area (Å²) in [6, 6.07) is 15.7. The van der Waals surface area contributed by atoms with Gasteiger partial charge in [0, 0.05) is 24.7 Å². The molecule has 0 bridgehead atoms. The summed E-state index contributed by atoms with van der Waals surface area (Å²) in [6.45, 7) is 7.74. The molecule has 1 aliphatic rings. The van der Waals surface area contributed by atoms with Crippen LogP contribution in [0.5, 0.6) is 5.75 Å². The number of rotatable bonds is 8. The van der Waals surface area contributed by atoms with Crippen LogP contribution in [0, 0.1) is 0 Å². The number of ether oxygens (including phenoxy) is 2. The third-order valence-electron chi connectivity index (χ3n) is 5.16. The molecule has 2 aromatic carbocycles. The zero-order valence-corrected chi connectivity index (χ0v) is 17.8. The maximum absolute atomic E-state index is 12.4. The number of nitrogens with one attached hydrogen (secondary N) is 1. The van der Waals surface area contributed by atoms with E-state index in [9.17, 15) is 4.79 Å². The van der Waals surface area contributed by atoms with E-state index in [4.69, 9.17) is 21.1 Å². The molecule has 1 heterocycles. The van der Waals surface area contributed by atoms with Crippen molar-refractivity contribution in [3.05, 3.63) is 64.7 Å². The van der Waals surface area contributed by atoms with E-state index in [1.54, 1.807) is 0 Å². The highest BCUT2D eigenvalue weighted by Crippen LogP contribution is 2.27. The van der Waals surface area contributed by atoms with Gasteiger partial charge in [0.15, 0.2) is 6.61 Å². The Morgan fingerprint density at radius 2 is 1.83 bits per heavy atom. The van der Waals surface area contributed by atoms with Crippen molar-refractivity contribution in [2.45, 2.75) is 25.8 Å². The van der Waals surface area contributed by atoms with Crippen molar-refractivity contribution in [3.8, 4) is 5.75 Å². The molecular formula is C23H29ClN2O3. The van der Waals surface area contributed by atoms with Gasteiger partial charge in [-0.05, 0) is 35.2 Å². The SMILES string of the molecule is CC(C)c1ccc(OCC(=O)NCC(c2ccccc2Cl)N2CCOCC2)cc1. The third-order valence-corrected chi connectivity index (χ3v) is 5.50. The van der Waals surface area contributed by atoms with Gasteiger partial charge in [-0.15, -0.1) is 0 Å². The topological polar surface area (TPSA) is 50.8 Å². The zero-order valence-electron chi connectivity index (χ0n) is 17.1. The van der Waals surface area contributed by atoms with Gasteiger partial charge >= 0.3 is 0 Å². The van der Waals surface area contributed by atoms with Crippen LogP contribution in [-0.4, -0.2) is 50.3 Å². The Labute approximate surface area is 177 Å². The Morgan fingerprint density at radius 1 is 1.14 bits per heavy atom. The fourth-order valence-electron chi connectivity index (χ4n) is 3.43. The molecule has 1 N–H and O–H groups in total. The molecule has 1 unspecified atom stereocenters. The highest BCUT2D eigenvalue weighted by Gasteiger charge is 2.24. The summed E-state index contributed by atoms with van der Waals surface area (Å²) in [5.74, 6) is 1.01. The van der Waals surface area contributed by atoms with Gasteiger partial charge in [0.2, 0.25) is 0 Å². The second-order valence-electron chi connectivity index (χ2n) is 7.50. The Morgan fingerprint density at radius 3 is 2.48 bits per heavy atom. The molecule has 1 aliphatic heterocycles. The predicted molar refractivity (Wildman–Crippen MR) is 116 cm³/mol. The van der Waals surface area contributed by atoms with Gasteiger partial charge in [-0.3, -0.25) is 9.69 Å².